The number of carboxylic acids is 1. The third-order valence-electron chi connectivity index (χ3n) is 2.59. The van der Waals surface area contributed by atoms with E-state index in [1.165, 1.54) is 37.6 Å². The lowest BCUT2D eigenvalue weighted by Crippen LogP contribution is -2.01. The highest BCUT2D eigenvalue weighted by Gasteiger charge is 2.16. The fourth-order valence-electron chi connectivity index (χ4n) is 1.74. The molecule has 0 saturated heterocycles. The molecule has 0 amide bonds. The van der Waals surface area contributed by atoms with E-state index in [1.54, 1.807) is 0 Å². The summed E-state index contributed by atoms with van der Waals surface area (Å²) in [6.07, 6.45) is 1.35. The second-order valence-corrected chi connectivity index (χ2v) is 4.16. The average Bonchev–Trinajstić information content (AvgIpc) is 2.45. The van der Waals surface area contributed by atoms with E-state index in [0.29, 0.717) is 11.3 Å². The van der Waals surface area contributed by atoms with E-state index in [0.717, 1.165) is 0 Å². The summed E-state index contributed by atoms with van der Waals surface area (Å²) in [4.78, 5) is 15.3. The Kier molecular flexibility index (Phi) is 2.73. The summed E-state index contributed by atoms with van der Waals surface area (Å²) in [5, 5.41) is 9.47. The van der Waals surface area contributed by atoms with Gasteiger partial charge in [-0.3, -0.25) is 0 Å². The number of rotatable bonds is 3. The van der Waals surface area contributed by atoms with Crippen LogP contribution in [0.3, 0.4) is 0 Å². The Morgan fingerprint density at radius 3 is 2.84 bits per heavy atom. The third kappa shape index (κ3) is 2.69. The number of methoxy groups -OCH3 is 1. The summed E-state index contributed by atoms with van der Waals surface area (Å²) < 4.78 is 27.6. The molecule has 5 heteroatoms. The van der Waals surface area contributed by atoms with Crippen LogP contribution in [0.15, 0.2) is 30.5 Å². The van der Waals surface area contributed by atoms with E-state index in [-0.39, 0.29) is 21.8 Å². The van der Waals surface area contributed by atoms with Crippen LogP contribution in [0.4, 0.5) is 0 Å². The van der Waals surface area contributed by atoms with E-state index < -0.39 is 12.8 Å². The van der Waals surface area contributed by atoms with Gasteiger partial charge in [0, 0.05) is 15.2 Å². The molecule has 0 spiro atoms. The Morgan fingerprint density at radius 2 is 2.21 bits per heavy atom. The van der Waals surface area contributed by atoms with Crippen molar-refractivity contribution >= 4 is 17.6 Å². The SMILES string of the molecule is [2H]C([2H])([2H])c1ccc(C(=O)O)c(-c2cc(Cl)ncc2OC)c1. The van der Waals surface area contributed by atoms with Gasteiger partial charge in [-0.25, -0.2) is 9.78 Å². The number of aromatic carboxylic acids is 1. The van der Waals surface area contributed by atoms with Crippen molar-refractivity contribution in [2.45, 2.75) is 6.85 Å². The molecular weight excluding hydrogens is 266 g/mol. The monoisotopic (exact) mass is 280 g/mol. The topological polar surface area (TPSA) is 59.4 Å². The zero-order chi connectivity index (χ0) is 16.5. The molecule has 0 saturated carbocycles. The molecule has 0 aliphatic carbocycles. The fourth-order valence-corrected chi connectivity index (χ4v) is 1.90. The van der Waals surface area contributed by atoms with Gasteiger partial charge in [-0.15, -0.1) is 0 Å². The van der Waals surface area contributed by atoms with Gasteiger partial charge in [0.1, 0.15) is 10.9 Å². The van der Waals surface area contributed by atoms with Crippen molar-refractivity contribution in [3.63, 3.8) is 0 Å². The number of carbonyl (C=O) groups is 1. The minimum Gasteiger partial charge on any atom is -0.494 e. The predicted molar refractivity (Wildman–Crippen MR) is 72.9 cm³/mol. The van der Waals surface area contributed by atoms with Gasteiger partial charge >= 0.3 is 5.97 Å². The highest BCUT2D eigenvalue weighted by Crippen LogP contribution is 2.34. The molecule has 4 nitrogen and oxygen atoms in total. The molecule has 98 valence electrons. The number of halogens is 1. The standard InChI is InChI=1S/C14H12ClNO3/c1-8-3-4-9(14(17)18)10(5-8)11-6-13(15)16-7-12(11)19-2/h3-7H,1-2H3,(H,17,18)/i1D3. The number of ether oxygens (including phenoxy) is 1. The van der Waals surface area contributed by atoms with Gasteiger partial charge in [0.15, 0.2) is 0 Å². The van der Waals surface area contributed by atoms with Gasteiger partial charge in [-0.1, -0.05) is 29.3 Å². The molecule has 2 rings (SSSR count). The number of aromatic nitrogens is 1. The van der Waals surface area contributed by atoms with Crippen LogP contribution in [0.25, 0.3) is 11.1 Å². The summed E-state index contributed by atoms with van der Waals surface area (Å²) in [5.74, 6) is -0.878. The van der Waals surface area contributed by atoms with Gasteiger partial charge in [0.2, 0.25) is 0 Å². The zero-order valence-electron chi connectivity index (χ0n) is 13.0. The summed E-state index contributed by atoms with van der Waals surface area (Å²) in [6.45, 7) is -2.35. The van der Waals surface area contributed by atoms with Crippen LogP contribution in [0, 0.1) is 6.85 Å². The molecule has 1 aromatic carbocycles. The van der Waals surface area contributed by atoms with Crippen LogP contribution in [-0.2, 0) is 0 Å². The summed E-state index contributed by atoms with van der Waals surface area (Å²) in [5.41, 5.74) is 0.560. The molecule has 0 aliphatic rings. The molecule has 0 bridgehead atoms. The van der Waals surface area contributed by atoms with Crippen LogP contribution in [0.2, 0.25) is 5.15 Å². The van der Waals surface area contributed by atoms with E-state index in [4.69, 9.17) is 20.5 Å². The molecular formula is C14H12ClNO3. The Morgan fingerprint density at radius 1 is 1.42 bits per heavy atom. The van der Waals surface area contributed by atoms with Gasteiger partial charge in [0.25, 0.3) is 0 Å². The van der Waals surface area contributed by atoms with Crippen LogP contribution in [-0.4, -0.2) is 23.2 Å². The van der Waals surface area contributed by atoms with Crippen molar-refractivity contribution in [1.82, 2.24) is 4.98 Å². The number of nitrogens with zero attached hydrogens (tertiary/aromatic N) is 1. The third-order valence-corrected chi connectivity index (χ3v) is 2.80. The maximum atomic E-state index is 11.4. The minimum absolute atomic E-state index is 0.0301. The highest BCUT2D eigenvalue weighted by molar-refractivity contribution is 6.29. The summed E-state index contributed by atoms with van der Waals surface area (Å²) >= 11 is 5.86. The van der Waals surface area contributed by atoms with Crippen LogP contribution < -0.4 is 4.74 Å². The van der Waals surface area contributed by atoms with Crippen molar-refractivity contribution in [2.24, 2.45) is 0 Å². The van der Waals surface area contributed by atoms with Crippen molar-refractivity contribution in [3.05, 3.63) is 46.7 Å². The van der Waals surface area contributed by atoms with Gasteiger partial charge in [-0.2, -0.15) is 0 Å². The molecule has 1 heterocycles. The fraction of sp³-hybridized carbons (Fsp3) is 0.143. The number of aryl methyl sites for hydroxylation is 1. The van der Waals surface area contributed by atoms with Crippen molar-refractivity contribution in [1.29, 1.82) is 0 Å². The van der Waals surface area contributed by atoms with Gasteiger partial charge in [-0.05, 0) is 19.0 Å². The first kappa shape index (κ1) is 9.81. The average molecular weight is 281 g/mol. The lowest BCUT2D eigenvalue weighted by molar-refractivity contribution is 0.0697. The molecule has 0 fully saturated rings. The zero-order valence-corrected chi connectivity index (χ0v) is 10.7. The number of pyridine rings is 1. The highest BCUT2D eigenvalue weighted by atomic mass is 35.5. The predicted octanol–water partition coefficient (Wildman–Crippen LogP) is 3.42. The quantitative estimate of drug-likeness (QED) is 0.875. The normalized spacial score (nSPS) is 13.3. The molecule has 19 heavy (non-hydrogen) atoms. The molecule has 2 aromatic rings. The Hall–Kier alpha value is -2.07. The van der Waals surface area contributed by atoms with E-state index in [2.05, 4.69) is 4.98 Å². The van der Waals surface area contributed by atoms with Crippen LogP contribution in [0.1, 0.15) is 20.0 Å². The number of carboxylic acid groups (broad SMARTS) is 1. The molecule has 0 unspecified atom stereocenters. The minimum atomic E-state index is -2.35. The first-order valence-corrected chi connectivity index (χ1v) is 5.69. The second kappa shape index (κ2) is 5.28. The second-order valence-electron chi connectivity index (χ2n) is 3.77. The van der Waals surface area contributed by atoms with E-state index >= 15 is 0 Å². The largest absolute Gasteiger partial charge is 0.494 e. The first-order chi connectivity index (χ1) is 10.2. The maximum Gasteiger partial charge on any atom is 0.336 e. The van der Waals surface area contributed by atoms with Gasteiger partial charge in [0.05, 0.1) is 18.9 Å². The van der Waals surface area contributed by atoms with Crippen LogP contribution in [0.5, 0.6) is 5.75 Å². The van der Waals surface area contributed by atoms with Crippen molar-refractivity contribution < 1.29 is 18.8 Å². The molecule has 0 atom stereocenters. The van der Waals surface area contributed by atoms with E-state index in [9.17, 15) is 9.90 Å². The maximum absolute atomic E-state index is 11.4. The van der Waals surface area contributed by atoms with Gasteiger partial charge < -0.3 is 9.84 Å². The lowest BCUT2D eigenvalue weighted by atomic mass is 9.98. The number of hydrogen-bond donors (Lipinski definition) is 1. The number of benzene rings is 1. The first-order valence-electron chi connectivity index (χ1n) is 6.81. The van der Waals surface area contributed by atoms with E-state index in [1.807, 2.05) is 0 Å². The summed E-state index contributed by atoms with van der Waals surface area (Å²) in [7, 11) is 1.41. The van der Waals surface area contributed by atoms with Crippen molar-refractivity contribution in [3.8, 4) is 16.9 Å². The smallest absolute Gasteiger partial charge is 0.336 e. The molecule has 1 N–H and O–H groups in total. The number of hydrogen-bond acceptors (Lipinski definition) is 3. The summed E-state index contributed by atoms with van der Waals surface area (Å²) in [6, 6.07) is 5.28. The van der Waals surface area contributed by atoms with Crippen LogP contribution >= 0.6 is 11.6 Å². The molecule has 0 aliphatic heterocycles. The Balaban J connectivity index is 2.77. The molecule has 0 radical (unpaired) electrons. The molecule has 1 aromatic heterocycles. The Labute approximate surface area is 119 Å². The lowest BCUT2D eigenvalue weighted by Gasteiger charge is -2.12. The Bertz CT molecular complexity index is 732. The van der Waals surface area contributed by atoms with Crippen molar-refractivity contribution in [2.75, 3.05) is 7.11 Å².